The van der Waals surface area contributed by atoms with Crippen LogP contribution in [0.5, 0.6) is 40.2 Å². The maximum atomic E-state index is 12.3. The number of carbonyl (C=O) groups excluding carboxylic acids is 1. The van der Waals surface area contributed by atoms with E-state index in [1.165, 1.54) is 43.5 Å². The molecule has 242 valence electrons. The van der Waals surface area contributed by atoms with Crippen molar-refractivity contribution < 1.29 is 69.0 Å². The number of aromatic hydroxyl groups is 5. The van der Waals surface area contributed by atoms with Gasteiger partial charge in [0.25, 0.3) is 0 Å². The van der Waals surface area contributed by atoms with E-state index in [0.717, 1.165) is 24.3 Å². The summed E-state index contributed by atoms with van der Waals surface area (Å²) in [6.07, 6.45) is -6.33. The van der Waals surface area contributed by atoms with Crippen LogP contribution in [0.15, 0.2) is 63.8 Å². The first-order valence-electron chi connectivity index (χ1n) is 13.5. The van der Waals surface area contributed by atoms with Crippen molar-refractivity contribution in [3.05, 3.63) is 70.4 Å². The normalized spacial score (nSPS) is 21.3. The van der Waals surface area contributed by atoms with Gasteiger partial charge in [0.05, 0.1) is 12.7 Å². The fourth-order valence-electron chi connectivity index (χ4n) is 4.64. The summed E-state index contributed by atoms with van der Waals surface area (Å²) in [4.78, 5) is 24.4. The van der Waals surface area contributed by atoms with Crippen LogP contribution in [-0.2, 0) is 14.3 Å². The molecular weight excluding hydrogens is 612 g/mol. The number of carbonyl (C=O) groups is 1. The third-order valence-electron chi connectivity index (χ3n) is 7.05. The van der Waals surface area contributed by atoms with Gasteiger partial charge in [-0.05, 0) is 42.0 Å². The van der Waals surface area contributed by atoms with E-state index in [-0.39, 0.29) is 39.9 Å². The number of methoxy groups -OCH3 is 1. The van der Waals surface area contributed by atoms with E-state index < -0.39 is 71.7 Å². The molecule has 15 nitrogen and oxygen atoms in total. The minimum absolute atomic E-state index is 0.00147. The van der Waals surface area contributed by atoms with Crippen LogP contribution in [0.4, 0.5) is 0 Å². The Morgan fingerprint density at radius 2 is 1.61 bits per heavy atom. The van der Waals surface area contributed by atoms with E-state index in [4.69, 9.17) is 23.4 Å². The van der Waals surface area contributed by atoms with Crippen molar-refractivity contribution in [1.82, 2.24) is 0 Å². The number of phenolic OH excluding ortho intramolecular Hbond substituents is 5. The van der Waals surface area contributed by atoms with Gasteiger partial charge >= 0.3 is 5.97 Å². The molecule has 0 spiro atoms. The number of hydrogen-bond acceptors (Lipinski definition) is 15. The van der Waals surface area contributed by atoms with E-state index in [1.54, 1.807) is 0 Å². The molecule has 0 unspecified atom stereocenters. The number of rotatable bonds is 8. The minimum atomic E-state index is -1.87. The third-order valence-corrected chi connectivity index (χ3v) is 7.05. The van der Waals surface area contributed by atoms with E-state index in [0.29, 0.717) is 5.56 Å². The molecule has 2 aromatic carbocycles. The zero-order valence-electron chi connectivity index (χ0n) is 23.8. The van der Waals surface area contributed by atoms with Crippen LogP contribution >= 0.6 is 0 Å². The number of hydrogen-bond donors (Lipinski definition) is 8. The molecule has 0 radical (unpaired) electrons. The zero-order chi connectivity index (χ0) is 33.3. The maximum Gasteiger partial charge on any atom is 0.330 e. The molecule has 46 heavy (non-hydrogen) atoms. The second-order valence-electron chi connectivity index (χ2n) is 10.2. The topological polar surface area (TPSA) is 246 Å². The molecule has 2 aromatic rings. The lowest BCUT2D eigenvalue weighted by Crippen LogP contribution is -2.60. The molecule has 5 rings (SSSR count). The molecule has 0 saturated carbocycles. The van der Waals surface area contributed by atoms with Gasteiger partial charge < -0.3 is 64.2 Å². The number of phenols is 5. The number of benzene rings is 3. The van der Waals surface area contributed by atoms with Gasteiger partial charge in [0.15, 0.2) is 39.9 Å². The summed E-state index contributed by atoms with van der Waals surface area (Å²) >= 11 is 0. The molecule has 2 heterocycles. The molecule has 1 fully saturated rings. The van der Waals surface area contributed by atoms with Gasteiger partial charge in [-0.3, -0.25) is 4.79 Å². The minimum Gasteiger partial charge on any atom is -0.507 e. The molecular formula is C31H28O15. The summed E-state index contributed by atoms with van der Waals surface area (Å²) in [5, 5.41) is 81.6. The Morgan fingerprint density at radius 1 is 0.848 bits per heavy atom. The second-order valence-corrected chi connectivity index (χ2v) is 10.2. The first kappa shape index (κ1) is 31.9. The molecule has 8 N–H and O–H groups in total. The lowest BCUT2D eigenvalue weighted by molar-refractivity contribution is -0.278. The highest BCUT2D eigenvalue weighted by molar-refractivity contribution is 5.87. The molecule has 0 aromatic heterocycles. The van der Waals surface area contributed by atoms with Gasteiger partial charge in [-0.1, -0.05) is 6.07 Å². The van der Waals surface area contributed by atoms with Gasteiger partial charge in [-0.2, -0.15) is 0 Å². The molecule has 1 saturated heterocycles. The first-order valence-corrected chi connectivity index (χ1v) is 13.5. The SMILES string of the molecule is COc1cc(-c2oc3cc(=O)cc(O)c-3cc2O[C@@H]2O[C@H](COC(=O)C=Cc3ccc(O)c(O)c3)[C@@H](O)[C@H](O)[C@H]2O)cc(O)c1O. The third kappa shape index (κ3) is 6.47. The smallest absolute Gasteiger partial charge is 0.330 e. The van der Waals surface area contributed by atoms with Gasteiger partial charge in [0.2, 0.25) is 12.0 Å². The summed E-state index contributed by atoms with van der Waals surface area (Å²) in [5.41, 5.74) is -0.179. The van der Waals surface area contributed by atoms with Crippen molar-refractivity contribution in [2.24, 2.45) is 0 Å². The van der Waals surface area contributed by atoms with Crippen molar-refractivity contribution in [2.75, 3.05) is 13.7 Å². The Labute approximate surface area is 258 Å². The zero-order valence-corrected chi connectivity index (χ0v) is 23.8. The summed E-state index contributed by atoms with van der Waals surface area (Å²) < 4.78 is 27.6. The Hall–Kier alpha value is -5.48. The highest BCUT2D eigenvalue weighted by Gasteiger charge is 2.46. The fraction of sp³-hybridized carbons (Fsp3) is 0.226. The van der Waals surface area contributed by atoms with Crippen LogP contribution in [0.25, 0.3) is 28.7 Å². The van der Waals surface area contributed by atoms with Crippen molar-refractivity contribution in [3.63, 3.8) is 0 Å². The lowest BCUT2D eigenvalue weighted by Gasteiger charge is -2.40. The average Bonchev–Trinajstić information content (AvgIpc) is 3.02. The molecule has 1 aliphatic carbocycles. The van der Waals surface area contributed by atoms with Crippen LogP contribution in [0, 0.1) is 0 Å². The van der Waals surface area contributed by atoms with Crippen LogP contribution < -0.4 is 14.9 Å². The van der Waals surface area contributed by atoms with Gasteiger partial charge in [0, 0.05) is 23.8 Å². The predicted molar refractivity (Wildman–Crippen MR) is 156 cm³/mol. The standard InChI is InChI=1S/C31H28O15/c1-42-22-8-14(7-20(36)26(22)38)30-23(11-16-18(34)9-15(32)10-21(16)44-30)45-31-29(41)28(40)27(39)24(46-31)12-43-25(37)5-3-13-2-4-17(33)19(35)6-13/h2-11,24,27-29,31,33-36,38-41H,12H2,1H3/t24-,27-,28+,29-,31-/m1/s1. The summed E-state index contributed by atoms with van der Waals surface area (Å²) in [6, 6.07) is 9.43. The van der Waals surface area contributed by atoms with Gasteiger partial charge in [0.1, 0.15) is 42.5 Å². The number of ether oxygens (including phenoxy) is 4. The van der Waals surface area contributed by atoms with Crippen LogP contribution in [0.1, 0.15) is 5.56 Å². The van der Waals surface area contributed by atoms with Crippen molar-refractivity contribution >= 4 is 12.0 Å². The number of aliphatic hydroxyl groups is 3. The number of aliphatic hydroxyl groups excluding tert-OH is 3. The van der Waals surface area contributed by atoms with E-state index in [2.05, 4.69) is 0 Å². The summed E-state index contributed by atoms with van der Waals surface area (Å²) in [6.45, 7) is -0.611. The molecule has 5 atom stereocenters. The average molecular weight is 641 g/mol. The Balaban J connectivity index is 1.42. The van der Waals surface area contributed by atoms with Crippen molar-refractivity contribution in [3.8, 4) is 62.9 Å². The molecule has 0 amide bonds. The van der Waals surface area contributed by atoms with E-state index >= 15 is 0 Å². The monoisotopic (exact) mass is 640 g/mol. The molecule has 3 aliphatic rings. The largest absolute Gasteiger partial charge is 0.507 e. The van der Waals surface area contributed by atoms with Gasteiger partial charge in [-0.25, -0.2) is 4.79 Å². The number of fused-ring (bicyclic) bond motifs is 1. The Bertz CT molecular complexity index is 1810. The predicted octanol–water partition coefficient (Wildman–Crippen LogP) is 1.39. The lowest BCUT2D eigenvalue weighted by atomic mass is 9.99. The molecule has 2 aliphatic heterocycles. The van der Waals surface area contributed by atoms with Crippen LogP contribution in [-0.4, -0.2) is 91.2 Å². The Morgan fingerprint density at radius 3 is 2.33 bits per heavy atom. The molecule has 15 heteroatoms. The maximum absolute atomic E-state index is 12.3. The fourth-order valence-corrected chi connectivity index (χ4v) is 4.64. The van der Waals surface area contributed by atoms with Crippen LogP contribution in [0.3, 0.4) is 0 Å². The Kier molecular flexibility index (Phi) is 8.93. The highest BCUT2D eigenvalue weighted by atomic mass is 16.7. The van der Waals surface area contributed by atoms with Crippen molar-refractivity contribution in [1.29, 1.82) is 0 Å². The summed E-state index contributed by atoms with van der Waals surface area (Å²) in [5.74, 6) is -4.02. The second kappa shape index (κ2) is 12.9. The highest BCUT2D eigenvalue weighted by Crippen LogP contribution is 2.45. The van der Waals surface area contributed by atoms with E-state index in [1.807, 2.05) is 0 Å². The van der Waals surface area contributed by atoms with Gasteiger partial charge in [-0.15, -0.1) is 0 Å². The quantitative estimate of drug-likeness (QED) is 0.0770. The first-order chi connectivity index (χ1) is 21.9. The van der Waals surface area contributed by atoms with E-state index in [9.17, 15) is 50.4 Å². The number of esters is 1. The summed E-state index contributed by atoms with van der Waals surface area (Å²) in [7, 11) is 1.23. The van der Waals surface area contributed by atoms with Crippen molar-refractivity contribution in [2.45, 2.75) is 30.7 Å². The van der Waals surface area contributed by atoms with Crippen LogP contribution in [0.2, 0.25) is 0 Å². The molecule has 0 bridgehead atoms.